The van der Waals surface area contributed by atoms with Crippen molar-refractivity contribution >= 4 is 5.97 Å². The Kier molecular flexibility index (Phi) is 2.76. The van der Waals surface area contributed by atoms with Crippen molar-refractivity contribution in [3.8, 4) is 0 Å². The van der Waals surface area contributed by atoms with Gasteiger partial charge >= 0.3 is 5.97 Å². The number of aryl methyl sites for hydroxylation is 1. The highest BCUT2D eigenvalue weighted by Crippen LogP contribution is 2.39. The average molecular weight is 247 g/mol. The molecule has 1 N–H and O–H groups in total. The molecule has 1 heterocycles. The van der Waals surface area contributed by atoms with E-state index in [1.165, 1.54) is 0 Å². The van der Waals surface area contributed by atoms with Crippen LogP contribution in [0.1, 0.15) is 68.3 Å². The molecule has 3 heteroatoms. The highest BCUT2D eigenvalue weighted by atomic mass is 16.4. The molecule has 0 fully saturated rings. The van der Waals surface area contributed by atoms with Crippen molar-refractivity contribution in [2.24, 2.45) is 0 Å². The number of fused-ring (bicyclic) bond motifs is 1. The van der Waals surface area contributed by atoms with Crippen LogP contribution in [0.25, 0.3) is 0 Å². The summed E-state index contributed by atoms with van der Waals surface area (Å²) in [6.07, 6.45) is 1.97. The first-order valence-electron chi connectivity index (χ1n) is 6.41. The minimum atomic E-state index is -0.875. The van der Waals surface area contributed by atoms with Gasteiger partial charge < -0.3 is 5.11 Å². The Morgan fingerprint density at radius 3 is 2.50 bits per heavy atom. The summed E-state index contributed by atoms with van der Waals surface area (Å²) in [5, 5.41) is 9.35. The first-order valence-corrected chi connectivity index (χ1v) is 6.41. The van der Waals surface area contributed by atoms with Crippen LogP contribution in [0.5, 0.6) is 0 Å². The van der Waals surface area contributed by atoms with Gasteiger partial charge in [0.05, 0.1) is 11.3 Å². The van der Waals surface area contributed by atoms with Gasteiger partial charge in [-0.25, -0.2) is 4.79 Å². The van der Waals surface area contributed by atoms with Gasteiger partial charge in [0.25, 0.3) is 0 Å². The molecule has 0 aliphatic heterocycles. The lowest BCUT2D eigenvalue weighted by Crippen LogP contribution is -2.23. The Hall–Kier alpha value is -1.38. The second kappa shape index (κ2) is 3.81. The highest BCUT2D eigenvalue weighted by molar-refractivity contribution is 5.89. The molecule has 0 spiro atoms. The van der Waals surface area contributed by atoms with Gasteiger partial charge in [-0.1, -0.05) is 34.6 Å². The first-order chi connectivity index (χ1) is 8.13. The molecule has 1 aliphatic rings. The van der Waals surface area contributed by atoms with Crippen molar-refractivity contribution < 1.29 is 9.90 Å². The standard InChI is InChI=1S/C15H21NO2/c1-14(2,3)12-10(13(17)18)8-9-6-7-15(4,5)11(9)16-12/h8H,6-7H2,1-5H3,(H,17,18). The van der Waals surface area contributed by atoms with Crippen molar-refractivity contribution in [3.05, 3.63) is 28.6 Å². The molecule has 0 bridgehead atoms. The number of carboxylic acid groups (broad SMARTS) is 1. The average Bonchev–Trinajstić information content (AvgIpc) is 2.52. The molecule has 1 aromatic heterocycles. The lowest BCUT2D eigenvalue weighted by molar-refractivity contribution is 0.0693. The number of pyridine rings is 1. The fourth-order valence-corrected chi connectivity index (χ4v) is 2.63. The van der Waals surface area contributed by atoms with Gasteiger partial charge in [0, 0.05) is 16.5 Å². The number of carbonyl (C=O) groups is 1. The molecule has 18 heavy (non-hydrogen) atoms. The van der Waals surface area contributed by atoms with E-state index in [1.54, 1.807) is 0 Å². The van der Waals surface area contributed by atoms with Gasteiger partial charge in [-0.15, -0.1) is 0 Å². The monoisotopic (exact) mass is 247 g/mol. The number of hydrogen-bond acceptors (Lipinski definition) is 2. The predicted octanol–water partition coefficient (Wildman–Crippen LogP) is 3.30. The van der Waals surface area contributed by atoms with Crippen molar-refractivity contribution in [1.29, 1.82) is 0 Å². The van der Waals surface area contributed by atoms with Gasteiger partial charge in [0.15, 0.2) is 0 Å². The summed E-state index contributed by atoms with van der Waals surface area (Å²) in [6.45, 7) is 10.4. The maximum atomic E-state index is 11.4. The van der Waals surface area contributed by atoms with Crippen molar-refractivity contribution in [2.45, 2.75) is 58.3 Å². The van der Waals surface area contributed by atoms with E-state index in [2.05, 4.69) is 13.8 Å². The number of rotatable bonds is 1. The molecule has 1 aliphatic carbocycles. The van der Waals surface area contributed by atoms with E-state index in [0.717, 1.165) is 24.1 Å². The fraction of sp³-hybridized carbons (Fsp3) is 0.600. The van der Waals surface area contributed by atoms with Gasteiger partial charge in [-0.05, 0) is 24.5 Å². The Bertz CT molecular complexity index is 510. The molecule has 0 atom stereocenters. The molecular weight excluding hydrogens is 226 g/mol. The highest BCUT2D eigenvalue weighted by Gasteiger charge is 2.35. The molecule has 2 rings (SSSR count). The Morgan fingerprint density at radius 1 is 1.39 bits per heavy atom. The molecule has 0 saturated heterocycles. The predicted molar refractivity (Wildman–Crippen MR) is 71.2 cm³/mol. The lowest BCUT2D eigenvalue weighted by Gasteiger charge is -2.24. The molecule has 0 amide bonds. The van der Waals surface area contributed by atoms with E-state index < -0.39 is 5.97 Å². The van der Waals surface area contributed by atoms with Crippen molar-refractivity contribution in [1.82, 2.24) is 4.98 Å². The summed E-state index contributed by atoms with van der Waals surface area (Å²) in [6, 6.07) is 1.83. The smallest absolute Gasteiger partial charge is 0.337 e. The van der Waals surface area contributed by atoms with E-state index in [-0.39, 0.29) is 10.8 Å². The molecule has 0 saturated carbocycles. The van der Waals surface area contributed by atoms with E-state index in [9.17, 15) is 9.90 Å². The zero-order chi connectivity index (χ0) is 13.7. The zero-order valence-electron chi connectivity index (χ0n) is 11.8. The van der Waals surface area contributed by atoms with Crippen LogP contribution in [0.4, 0.5) is 0 Å². The van der Waals surface area contributed by atoms with Crippen LogP contribution >= 0.6 is 0 Å². The summed E-state index contributed by atoms with van der Waals surface area (Å²) in [5.41, 5.74) is 3.05. The van der Waals surface area contributed by atoms with Crippen LogP contribution in [0.3, 0.4) is 0 Å². The summed E-state index contributed by atoms with van der Waals surface area (Å²) >= 11 is 0. The third-order valence-corrected chi connectivity index (χ3v) is 3.70. The van der Waals surface area contributed by atoms with E-state index in [1.807, 2.05) is 26.8 Å². The fourth-order valence-electron chi connectivity index (χ4n) is 2.63. The third-order valence-electron chi connectivity index (χ3n) is 3.70. The van der Waals surface area contributed by atoms with E-state index in [0.29, 0.717) is 11.3 Å². The second-order valence-electron chi connectivity index (χ2n) is 6.83. The van der Waals surface area contributed by atoms with Gasteiger partial charge in [0.2, 0.25) is 0 Å². The van der Waals surface area contributed by atoms with Gasteiger partial charge in [-0.3, -0.25) is 4.98 Å². The molecule has 0 radical (unpaired) electrons. The quantitative estimate of drug-likeness (QED) is 0.828. The summed E-state index contributed by atoms with van der Waals surface area (Å²) < 4.78 is 0. The number of nitrogens with zero attached hydrogens (tertiary/aromatic N) is 1. The summed E-state index contributed by atoms with van der Waals surface area (Å²) in [4.78, 5) is 16.1. The topological polar surface area (TPSA) is 50.2 Å². The number of aromatic nitrogens is 1. The molecular formula is C15H21NO2. The lowest BCUT2D eigenvalue weighted by atomic mass is 9.85. The molecule has 1 aromatic rings. The first kappa shape index (κ1) is 13.1. The number of carboxylic acids is 1. The van der Waals surface area contributed by atoms with Gasteiger partial charge in [-0.2, -0.15) is 0 Å². The van der Waals surface area contributed by atoms with Crippen LogP contribution < -0.4 is 0 Å². The molecule has 3 nitrogen and oxygen atoms in total. The zero-order valence-corrected chi connectivity index (χ0v) is 11.8. The SMILES string of the molecule is CC(C)(C)c1nc2c(cc1C(=O)O)CCC2(C)C. The van der Waals surface area contributed by atoms with Crippen LogP contribution in [-0.4, -0.2) is 16.1 Å². The second-order valence-corrected chi connectivity index (χ2v) is 6.83. The summed E-state index contributed by atoms with van der Waals surface area (Å²) in [5.74, 6) is -0.875. The number of hydrogen-bond donors (Lipinski definition) is 1. The normalized spacial score (nSPS) is 17.6. The Labute approximate surface area is 108 Å². The molecule has 98 valence electrons. The van der Waals surface area contributed by atoms with Crippen LogP contribution in [0.15, 0.2) is 6.07 Å². The van der Waals surface area contributed by atoms with Crippen LogP contribution in [0, 0.1) is 0 Å². The minimum absolute atomic E-state index is 0.0619. The molecule has 0 aromatic carbocycles. The van der Waals surface area contributed by atoms with E-state index >= 15 is 0 Å². The largest absolute Gasteiger partial charge is 0.478 e. The Balaban J connectivity index is 2.69. The van der Waals surface area contributed by atoms with Crippen molar-refractivity contribution in [3.63, 3.8) is 0 Å². The Morgan fingerprint density at radius 2 is 2.00 bits per heavy atom. The summed E-state index contributed by atoms with van der Waals surface area (Å²) in [7, 11) is 0. The maximum Gasteiger partial charge on any atom is 0.337 e. The van der Waals surface area contributed by atoms with E-state index in [4.69, 9.17) is 4.98 Å². The third kappa shape index (κ3) is 2.02. The van der Waals surface area contributed by atoms with Gasteiger partial charge in [0.1, 0.15) is 0 Å². The number of aromatic carboxylic acids is 1. The molecule has 0 unspecified atom stereocenters. The van der Waals surface area contributed by atoms with Crippen molar-refractivity contribution in [2.75, 3.05) is 0 Å². The maximum absolute atomic E-state index is 11.4. The van der Waals surface area contributed by atoms with Crippen LogP contribution in [0.2, 0.25) is 0 Å². The minimum Gasteiger partial charge on any atom is -0.478 e. The van der Waals surface area contributed by atoms with Crippen LogP contribution in [-0.2, 0) is 17.3 Å².